The van der Waals surface area contributed by atoms with Crippen LogP contribution in [-0.2, 0) is 0 Å². The van der Waals surface area contributed by atoms with Gasteiger partial charge in [-0.25, -0.2) is 4.98 Å². The Morgan fingerprint density at radius 1 is 1.50 bits per heavy atom. The van der Waals surface area contributed by atoms with Crippen molar-refractivity contribution in [1.82, 2.24) is 15.3 Å². The van der Waals surface area contributed by atoms with Crippen molar-refractivity contribution < 1.29 is 0 Å². The van der Waals surface area contributed by atoms with E-state index in [1.807, 2.05) is 0 Å². The van der Waals surface area contributed by atoms with Crippen molar-refractivity contribution in [3.63, 3.8) is 0 Å². The predicted molar refractivity (Wildman–Crippen MR) is 79.2 cm³/mol. The Morgan fingerprint density at radius 3 is 3.11 bits per heavy atom. The van der Waals surface area contributed by atoms with Gasteiger partial charge in [0.05, 0.1) is 11.0 Å². The van der Waals surface area contributed by atoms with Gasteiger partial charge in [-0.15, -0.1) is 0 Å². The van der Waals surface area contributed by atoms with Gasteiger partial charge in [-0.1, -0.05) is 36.9 Å². The summed E-state index contributed by atoms with van der Waals surface area (Å²) in [6.45, 7) is 10.1. The van der Waals surface area contributed by atoms with E-state index < -0.39 is 0 Å². The topological polar surface area (TPSA) is 40.7 Å². The first kappa shape index (κ1) is 13.2. The Bertz CT molecular complexity index is 545. The number of aromatic amines is 1. The molecule has 0 atom stereocenters. The Morgan fingerprint density at radius 2 is 2.33 bits per heavy atom. The number of imidazole rings is 1. The molecule has 2 aromatic rings. The highest BCUT2D eigenvalue weighted by atomic mass is 32.2. The number of fused-ring (bicyclic) bond motifs is 1. The average Bonchev–Trinajstić information content (AvgIpc) is 2.75. The van der Waals surface area contributed by atoms with Gasteiger partial charge in [0.1, 0.15) is 0 Å². The molecule has 4 heteroatoms. The molecule has 0 aliphatic heterocycles. The summed E-state index contributed by atoms with van der Waals surface area (Å²) in [6.07, 6.45) is 0. The van der Waals surface area contributed by atoms with E-state index in [2.05, 4.69) is 53.9 Å². The van der Waals surface area contributed by atoms with Crippen LogP contribution < -0.4 is 5.32 Å². The maximum absolute atomic E-state index is 4.55. The summed E-state index contributed by atoms with van der Waals surface area (Å²) >= 11 is 1.70. The number of hydrogen-bond acceptors (Lipinski definition) is 3. The van der Waals surface area contributed by atoms with Crippen molar-refractivity contribution >= 4 is 22.8 Å². The molecule has 18 heavy (non-hydrogen) atoms. The summed E-state index contributed by atoms with van der Waals surface area (Å²) in [6, 6.07) is 6.26. The van der Waals surface area contributed by atoms with Gasteiger partial charge in [0.2, 0.25) is 0 Å². The molecule has 0 radical (unpaired) electrons. The molecule has 2 rings (SSSR count). The summed E-state index contributed by atoms with van der Waals surface area (Å²) in [5.41, 5.74) is 4.58. The molecule has 0 fully saturated rings. The predicted octanol–water partition coefficient (Wildman–Crippen LogP) is 3.13. The number of H-pyrrole nitrogens is 1. The van der Waals surface area contributed by atoms with E-state index in [0.29, 0.717) is 0 Å². The fraction of sp³-hybridized carbons (Fsp3) is 0.357. The summed E-state index contributed by atoms with van der Waals surface area (Å²) in [7, 11) is 0. The van der Waals surface area contributed by atoms with Crippen LogP contribution in [0.25, 0.3) is 11.0 Å². The number of likely N-dealkylation sites (N-methyl/N-ethyl adjacent to an activating group) is 1. The van der Waals surface area contributed by atoms with Crippen LogP contribution in [0.5, 0.6) is 0 Å². The summed E-state index contributed by atoms with van der Waals surface area (Å²) in [5, 5.41) is 4.24. The fourth-order valence-electron chi connectivity index (χ4n) is 1.69. The molecule has 0 spiro atoms. The van der Waals surface area contributed by atoms with Crippen LogP contribution >= 0.6 is 11.8 Å². The second-order valence-corrected chi connectivity index (χ2v) is 5.35. The standard InChI is InChI=1S/C14H19N3S/c1-4-15-8-11(3)9-18-14-16-12-6-5-10(2)7-13(12)17-14/h5-7,15H,3-4,8-9H2,1-2H3,(H,16,17). The summed E-state index contributed by atoms with van der Waals surface area (Å²) in [4.78, 5) is 7.89. The minimum Gasteiger partial charge on any atom is -0.333 e. The zero-order valence-electron chi connectivity index (χ0n) is 10.9. The molecular formula is C14H19N3S. The maximum Gasteiger partial charge on any atom is 0.166 e. The molecular weight excluding hydrogens is 242 g/mol. The van der Waals surface area contributed by atoms with Crippen LogP contribution in [0, 0.1) is 6.92 Å². The zero-order valence-corrected chi connectivity index (χ0v) is 11.7. The zero-order chi connectivity index (χ0) is 13.0. The highest BCUT2D eigenvalue weighted by Gasteiger charge is 2.04. The smallest absolute Gasteiger partial charge is 0.166 e. The highest BCUT2D eigenvalue weighted by molar-refractivity contribution is 7.99. The first-order chi connectivity index (χ1) is 8.69. The average molecular weight is 261 g/mol. The van der Waals surface area contributed by atoms with Gasteiger partial charge in [-0.05, 0) is 31.2 Å². The largest absolute Gasteiger partial charge is 0.333 e. The van der Waals surface area contributed by atoms with Gasteiger partial charge in [0.15, 0.2) is 5.16 Å². The van der Waals surface area contributed by atoms with E-state index in [0.717, 1.165) is 35.0 Å². The number of nitrogens with one attached hydrogen (secondary N) is 2. The Balaban J connectivity index is 1.97. The van der Waals surface area contributed by atoms with E-state index >= 15 is 0 Å². The molecule has 0 aliphatic rings. The molecule has 3 nitrogen and oxygen atoms in total. The summed E-state index contributed by atoms with van der Waals surface area (Å²) in [5.74, 6) is 0.895. The number of aromatic nitrogens is 2. The van der Waals surface area contributed by atoms with Crippen molar-refractivity contribution in [2.75, 3.05) is 18.8 Å². The number of benzene rings is 1. The Labute approximate surface area is 112 Å². The second-order valence-electron chi connectivity index (χ2n) is 4.38. The lowest BCUT2D eigenvalue weighted by Gasteiger charge is -2.03. The number of rotatable bonds is 6. The SMILES string of the molecule is C=C(CNCC)CSc1nc2ccc(C)cc2[nH]1. The third-order valence-electron chi connectivity index (χ3n) is 2.65. The van der Waals surface area contributed by atoms with Gasteiger partial charge < -0.3 is 10.3 Å². The van der Waals surface area contributed by atoms with Crippen LogP contribution in [0.1, 0.15) is 12.5 Å². The van der Waals surface area contributed by atoms with Gasteiger partial charge in [-0.2, -0.15) is 0 Å². The minimum atomic E-state index is 0.878. The van der Waals surface area contributed by atoms with Crippen molar-refractivity contribution in [1.29, 1.82) is 0 Å². The van der Waals surface area contributed by atoms with E-state index in [1.165, 1.54) is 11.1 Å². The highest BCUT2D eigenvalue weighted by Crippen LogP contribution is 2.21. The molecule has 1 heterocycles. The summed E-state index contributed by atoms with van der Waals surface area (Å²) < 4.78 is 0. The van der Waals surface area contributed by atoms with Crippen molar-refractivity contribution in [2.24, 2.45) is 0 Å². The molecule has 1 aromatic carbocycles. The lowest BCUT2D eigenvalue weighted by atomic mass is 10.2. The van der Waals surface area contributed by atoms with E-state index in [-0.39, 0.29) is 0 Å². The van der Waals surface area contributed by atoms with Crippen LogP contribution in [0.15, 0.2) is 35.5 Å². The quantitative estimate of drug-likeness (QED) is 0.620. The number of aryl methyl sites for hydroxylation is 1. The third-order valence-corrected chi connectivity index (χ3v) is 3.67. The van der Waals surface area contributed by atoms with Crippen molar-refractivity contribution in [3.05, 3.63) is 35.9 Å². The van der Waals surface area contributed by atoms with Crippen molar-refractivity contribution in [2.45, 2.75) is 19.0 Å². The Hall–Kier alpha value is -1.26. The number of thioether (sulfide) groups is 1. The van der Waals surface area contributed by atoms with E-state index in [9.17, 15) is 0 Å². The van der Waals surface area contributed by atoms with Gasteiger partial charge in [0, 0.05) is 12.3 Å². The maximum atomic E-state index is 4.55. The number of nitrogens with zero attached hydrogens (tertiary/aromatic N) is 1. The molecule has 0 saturated carbocycles. The van der Waals surface area contributed by atoms with Gasteiger partial charge in [0.25, 0.3) is 0 Å². The molecule has 1 aromatic heterocycles. The third kappa shape index (κ3) is 3.37. The Kier molecular flexibility index (Phi) is 4.44. The molecule has 0 saturated heterocycles. The minimum absolute atomic E-state index is 0.878. The normalized spacial score (nSPS) is 11.0. The molecule has 0 amide bonds. The molecule has 96 valence electrons. The lowest BCUT2D eigenvalue weighted by molar-refractivity contribution is 0.779. The molecule has 0 aliphatic carbocycles. The monoisotopic (exact) mass is 261 g/mol. The lowest BCUT2D eigenvalue weighted by Crippen LogP contribution is -2.16. The number of hydrogen-bond donors (Lipinski definition) is 2. The first-order valence-electron chi connectivity index (χ1n) is 6.15. The van der Waals surface area contributed by atoms with Gasteiger partial charge in [-0.3, -0.25) is 0 Å². The molecule has 0 bridgehead atoms. The van der Waals surface area contributed by atoms with Gasteiger partial charge >= 0.3 is 0 Å². The van der Waals surface area contributed by atoms with Crippen molar-refractivity contribution in [3.8, 4) is 0 Å². The first-order valence-corrected chi connectivity index (χ1v) is 7.14. The van der Waals surface area contributed by atoms with Crippen LogP contribution in [-0.4, -0.2) is 28.8 Å². The fourth-order valence-corrected chi connectivity index (χ4v) is 2.48. The molecule has 2 N–H and O–H groups in total. The van der Waals surface area contributed by atoms with Crippen LogP contribution in [0.2, 0.25) is 0 Å². The van der Waals surface area contributed by atoms with E-state index in [1.54, 1.807) is 11.8 Å². The van der Waals surface area contributed by atoms with Crippen LogP contribution in [0.3, 0.4) is 0 Å². The van der Waals surface area contributed by atoms with Crippen LogP contribution in [0.4, 0.5) is 0 Å². The molecule has 0 unspecified atom stereocenters. The second kappa shape index (κ2) is 6.07. The van der Waals surface area contributed by atoms with E-state index in [4.69, 9.17) is 0 Å².